The Hall–Kier alpha value is -2.38. The van der Waals surface area contributed by atoms with Crippen molar-refractivity contribution >= 4 is 40.0 Å². The van der Waals surface area contributed by atoms with Crippen LogP contribution in [0, 0.1) is 18.6 Å². The molecule has 0 saturated carbocycles. The molecule has 0 aliphatic heterocycles. The van der Waals surface area contributed by atoms with E-state index >= 15 is 0 Å². The number of anilines is 1. The Morgan fingerprint density at radius 2 is 1.96 bits per heavy atom. The number of aromatic nitrogens is 2. The van der Waals surface area contributed by atoms with Crippen LogP contribution in [0.2, 0.25) is 5.02 Å². The summed E-state index contributed by atoms with van der Waals surface area (Å²) in [6.07, 6.45) is 1.83. The first-order valence-electron chi connectivity index (χ1n) is 7.64. The summed E-state index contributed by atoms with van der Waals surface area (Å²) in [6, 6.07) is 10.8. The van der Waals surface area contributed by atoms with Gasteiger partial charge in [0.1, 0.15) is 11.6 Å². The molecule has 134 valence electrons. The fraction of sp³-hybridized carbons (Fsp3) is 0.111. The van der Waals surface area contributed by atoms with Gasteiger partial charge in [0.2, 0.25) is 0 Å². The maximum atomic E-state index is 14.2. The minimum atomic E-state index is -0.496. The highest BCUT2D eigenvalue weighted by molar-refractivity contribution is 8.13. The smallest absolute Gasteiger partial charge is 0.184 e. The van der Waals surface area contributed by atoms with E-state index in [1.807, 2.05) is 6.26 Å². The summed E-state index contributed by atoms with van der Waals surface area (Å²) in [5, 5.41) is 10.6. The number of nitrogens with one attached hydrogen (secondary N) is 2. The van der Waals surface area contributed by atoms with Crippen LogP contribution in [0.25, 0.3) is 11.1 Å². The van der Waals surface area contributed by atoms with Crippen molar-refractivity contribution in [3.63, 3.8) is 0 Å². The normalized spacial score (nSPS) is 11.7. The Morgan fingerprint density at radius 1 is 1.19 bits per heavy atom. The Morgan fingerprint density at radius 3 is 2.65 bits per heavy atom. The number of aliphatic imine (C=N–C) groups is 1. The van der Waals surface area contributed by atoms with E-state index in [2.05, 4.69) is 20.5 Å². The first kappa shape index (κ1) is 18.4. The molecule has 0 saturated heterocycles. The number of amidine groups is 1. The fourth-order valence-corrected chi connectivity index (χ4v) is 2.98. The van der Waals surface area contributed by atoms with E-state index in [4.69, 9.17) is 11.6 Å². The average Bonchev–Trinajstić information content (AvgIpc) is 2.98. The highest BCUT2D eigenvalue weighted by Gasteiger charge is 2.16. The molecule has 2 aromatic carbocycles. The van der Waals surface area contributed by atoms with E-state index in [9.17, 15) is 8.78 Å². The molecule has 0 spiro atoms. The lowest BCUT2D eigenvalue weighted by Gasteiger charge is -2.08. The molecule has 1 aromatic heterocycles. The second kappa shape index (κ2) is 7.88. The molecule has 4 nitrogen and oxygen atoms in total. The summed E-state index contributed by atoms with van der Waals surface area (Å²) in [5.41, 5.74) is 2.31. The van der Waals surface area contributed by atoms with Gasteiger partial charge in [-0.25, -0.2) is 13.8 Å². The van der Waals surface area contributed by atoms with Gasteiger partial charge in [0, 0.05) is 16.9 Å². The zero-order valence-electron chi connectivity index (χ0n) is 14.0. The first-order chi connectivity index (χ1) is 12.5. The van der Waals surface area contributed by atoms with Crippen LogP contribution in [-0.2, 0) is 0 Å². The summed E-state index contributed by atoms with van der Waals surface area (Å²) in [7, 11) is 0. The number of rotatable bonds is 3. The number of thioether (sulfide) groups is 1. The summed E-state index contributed by atoms with van der Waals surface area (Å²) in [4.78, 5) is 4.49. The molecule has 0 amide bonds. The molecule has 0 atom stereocenters. The SMILES string of the molecule is CSC(=Nc1n[nH]c(C)c1-c1ccccc1F)Nc1ccc(F)c(Cl)c1. The van der Waals surface area contributed by atoms with E-state index in [1.54, 1.807) is 31.2 Å². The quantitative estimate of drug-likeness (QED) is 0.439. The zero-order valence-corrected chi connectivity index (χ0v) is 15.6. The Labute approximate surface area is 158 Å². The van der Waals surface area contributed by atoms with Crippen LogP contribution in [0.5, 0.6) is 0 Å². The molecule has 8 heteroatoms. The number of benzene rings is 2. The molecule has 0 fully saturated rings. The summed E-state index contributed by atoms with van der Waals surface area (Å²) < 4.78 is 27.5. The molecular formula is C18H15ClF2N4S. The van der Waals surface area contributed by atoms with Crippen molar-refractivity contribution in [2.24, 2.45) is 4.99 Å². The van der Waals surface area contributed by atoms with Crippen LogP contribution >= 0.6 is 23.4 Å². The molecule has 2 N–H and O–H groups in total. The van der Waals surface area contributed by atoms with Gasteiger partial charge in [-0.05, 0) is 37.4 Å². The van der Waals surface area contributed by atoms with Crippen LogP contribution < -0.4 is 5.32 Å². The predicted molar refractivity (Wildman–Crippen MR) is 104 cm³/mol. The van der Waals surface area contributed by atoms with Crippen LogP contribution in [0.3, 0.4) is 0 Å². The van der Waals surface area contributed by atoms with Gasteiger partial charge in [0.15, 0.2) is 11.0 Å². The van der Waals surface area contributed by atoms with Crippen molar-refractivity contribution in [3.05, 3.63) is 64.8 Å². The number of halogens is 3. The summed E-state index contributed by atoms with van der Waals surface area (Å²) >= 11 is 7.15. The van der Waals surface area contributed by atoms with E-state index in [1.165, 1.54) is 30.0 Å². The van der Waals surface area contributed by atoms with Crippen LogP contribution in [0.15, 0.2) is 47.5 Å². The minimum Gasteiger partial charge on any atom is -0.335 e. The second-order valence-corrected chi connectivity index (χ2v) is 6.60. The molecule has 1 heterocycles. The van der Waals surface area contributed by atoms with Crippen LogP contribution in [0.4, 0.5) is 20.3 Å². The minimum absolute atomic E-state index is 0.0121. The van der Waals surface area contributed by atoms with Crippen LogP contribution in [-0.4, -0.2) is 21.6 Å². The van der Waals surface area contributed by atoms with Crippen molar-refractivity contribution in [2.45, 2.75) is 6.92 Å². The molecule has 0 bridgehead atoms. The number of H-pyrrole nitrogens is 1. The van der Waals surface area contributed by atoms with Gasteiger partial charge in [-0.2, -0.15) is 5.10 Å². The highest BCUT2D eigenvalue weighted by Crippen LogP contribution is 2.33. The fourth-order valence-electron chi connectivity index (χ4n) is 2.40. The third kappa shape index (κ3) is 3.89. The predicted octanol–water partition coefficient (Wildman–Crippen LogP) is 5.78. The maximum absolute atomic E-state index is 14.2. The molecule has 3 aromatic rings. The lowest BCUT2D eigenvalue weighted by Crippen LogP contribution is -2.07. The molecular weight excluding hydrogens is 378 g/mol. The van der Waals surface area contributed by atoms with Crippen molar-refractivity contribution in [1.82, 2.24) is 10.2 Å². The van der Waals surface area contributed by atoms with E-state index in [0.717, 1.165) is 0 Å². The maximum Gasteiger partial charge on any atom is 0.184 e. The van der Waals surface area contributed by atoms with Gasteiger partial charge in [-0.3, -0.25) is 5.10 Å². The summed E-state index contributed by atoms with van der Waals surface area (Å²) in [5.74, 6) is -0.486. The van der Waals surface area contributed by atoms with Gasteiger partial charge >= 0.3 is 0 Å². The number of hydrogen-bond acceptors (Lipinski definition) is 3. The van der Waals surface area contributed by atoms with Crippen molar-refractivity contribution in [2.75, 3.05) is 11.6 Å². The second-order valence-electron chi connectivity index (χ2n) is 5.40. The molecule has 0 unspecified atom stereocenters. The van der Waals surface area contributed by atoms with Gasteiger partial charge in [-0.15, -0.1) is 0 Å². The number of aromatic amines is 1. The summed E-state index contributed by atoms with van der Waals surface area (Å²) in [6.45, 7) is 1.81. The molecule has 3 rings (SSSR count). The Kier molecular flexibility index (Phi) is 5.58. The van der Waals surface area contributed by atoms with Crippen molar-refractivity contribution < 1.29 is 8.78 Å². The largest absolute Gasteiger partial charge is 0.335 e. The van der Waals surface area contributed by atoms with Crippen molar-refractivity contribution in [3.8, 4) is 11.1 Å². The van der Waals surface area contributed by atoms with E-state index in [0.29, 0.717) is 33.5 Å². The third-order valence-corrected chi connectivity index (χ3v) is 4.51. The highest BCUT2D eigenvalue weighted by atomic mass is 35.5. The zero-order chi connectivity index (χ0) is 18.7. The lowest BCUT2D eigenvalue weighted by molar-refractivity contribution is 0.628. The van der Waals surface area contributed by atoms with Gasteiger partial charge in [0.25, 0.3) is 0 Å². The average molecular weight is 393 g/mol. The Bertz CT molecular complexity index is 972. The monoisotopic (exact) mass is 392 g/mol. The molecule has 26 heavy (non-hydrogen) atoms. The lowest BCUT2D eigenvalue weighted by atomic mass is 10.1. The van der Waals surface area contributed by atoms with Crippen LogP contribution in [0.1, 0.15) is 5.69 Å². The topological polar surface area (TPSA) is 53.1 Å². The number of aryl methyl sites for hydroxylation is 1. The number of hydrogen-bond donors (Lipinski definition) is 2. The third-order valence-electron chi connectivity index (χ3n) is 3.64. The molecule has 0 radical (unpaired) electrons. The molecule has 0 aliphatic rings. The molecule has 0 aliphatic carbocycles. The van der Waals surface area contributed by atoms with Gasteiger partial charge in [-0.1, -0.05) is 41.6 Å². The standard InChI is InChI=1S/C18H15ClF2N4S/c1-10-16(12-5-3-4-6-14(12)20)17(25-24-10)23-18(26-2)22-11-7-8-15(21)13(19)9-11/h3-9H,1-2H3,(H2,22,23,24,25). The van der Waals surface area contributed by atoms with E-state index < -0.39 is 5.82 Å². The van der Waals surface area contributed by atoms with Gasteiger partial charge < -0.3 is 5.32 Å². The van der Waals surface area contributed by atoms with E-state index in [-0.39, 0.29) is 10.8 Å². The Balaban J connectivity index is 1.98. The van der Waals surface area contributed by atoms with Crippen molar-refractivity contribution in [1.29, 1.82) is 0 Å². The van der Waals surface area contributed by atoms with Gasteiger partial charge in [0.05, 0.1) is 10.6 Å². The first-order valence-corrected chi connectivity index (χ1v) is 9.24. The number of nitrogens with zero attached hydrogens (tertiary/aromatic N) is 2.